The number of likely N-dealkylation sites (N-methyl/N-ethyl adjacent to an activating group) is 1. The van der Waals surface area contributed by atoms with Gasteiger partial charge in [0.25, 0.3) is 0 Å². The van der Waals surface area contributed by atoms with Crippen LogP contribution in [-0.4, -0.2) is 55.9 Å². The zero-order valence-electron chi connectivity index (χ0n) is 13.9. The van der Waals surface area contributed by atoms with Crippen molar-refractivity contribution < 1.29 is 12.9 Å². The molecule has 0 amide bonds. The van der Waals surface area contributed by atoms with Crippen LogP contribution >= 0.6 is 0 Å². The molecule has 1 N–H and O–H groups in total. The van der Waals surface area contributed by atoms with Gasteiger partial charge in [0, 0.05) is 26.1 Å². The summed E-state index contributed by atoms with van der Waals surface area (Å²) >= 11 is 0. The van der Waals surface area contributed by atoms with Gasteiger partial charge in [-0.15, -0.1) is 0 Å². The highest BCUT2D eigenvalue weighted by Crippen LogP contribution is 2.18. The van der Waals surface area contributed by atoms with Crippen LogP contribution in [0.3, 0.4) is 0 Å². The van der Waals surface area contributed by atoms with Crippen LogP contribution in [0.15, 0.2) is 33.7 Å². The summed E-state index contributed by atoms with van der Waals surface area (Å²) in [6.45, 7) is 4.54. The molecule has 1 aliphatic heterocycles. The molecule has 2 heterocycles. The molecule has 0 saturated carbocycles. The predicted octanol–water partition coefficient (Wildman–Crippen LogP) is 0.971. The van der Waals surface area contributed by atoms with Gasteiger partial charge in [0.2, 0.25) is 5.89 Å². The van der Waals surface area contributed by atoms with E-state index in [9.17, 15) is 8.42 Å². The van der Waals surface area contributed by atoms with Gasteiger partial charge in [0.05, 0.1) is 16.7 Å². The molecule has 3 rings (SSSR count). The second-order valence-corrected chi connectivity index (χ2v) is 8.24. The number of piperazine rings is 1. The van der Waals surface area contributed by atoms with E-state index in [1.807, 2.05) is 14.0 Å². The topological polar surface area (TPSA) is 88.3 Å². The molecule has 7 nitrogen and oxygen atoms in total. The Labute approximate surface area is 142 Å². The van der Waals surface area contributed by atoms with E-state index < -0.39 is 9.84 Å². The third kappa shape index (κ3) is 3.82. The molecule has 0 bridgehead atoms. The van der Waals surface area contributed by atoms with E-state index in [4.69, 9.17) is 4.52 Å². The fourth-order valence-electron chi connectivity index (χ4n) is 2.68. The Kier molecular flexibility index (Phi) is 4.98. The second-order valence-electron chi connectivity index (χ2n) is 6.13. The number of hydrogen-bond acceptors (Lipinski definition) is 7. The quantitative estimate of drug-likeness (QED) is 0.859. The lowest BCUT2D eigenvalue weighted by molar-refractivity contribution is 0.190. The zero-order chi connectivity index (χ0) is 17.2. The summed E-state index contributed by atoms with van der Waals surface area (Å²) in [5.41, 5.74) is 1.03. The van der Waals surface area contributed by atoms with Crippen molar-refractivity contribution >= 4 is 9.84 Å². The molecule has 8 heteroatoms. The number of nitrogens with zero attached hydrogens (tertiary/aromatic N) is 3. The molecule has 0 aliphatic carbocycles. The summed E-state index contributed by atoms with van der Waals surface area (Å²) in [4.78, 5) is 6.86. The van der Waals surface area contributed by atoms with Crippen LogP contribution in [0, 0.1) is 6.92 Å². The fourth-order valence-corrected chi connectivity index (χ4v) is 3.91. The molecule has 1 fully saturated rings. The lowest BCUT2D eigenvalue weighted by Gasteiger charge is -2.30. The van der Waals surface area contributed by atoms with E-state index in [1.165, 1.54) is 0 Å². The largest absolute Gasteiger partial charge is 0.339 e. The SMILES string of the molecule is Cc1ccc(S(=O)(=O)CCc2nc(C3CNCCN3C)no2)cc1. The molecular weight excluding hydrogens is 328 g/mol. The fraction of sp³-hybridized carbons (Fsp3) is 0.500. The summed E-state index contributed by atoms with van der Waals surface area (Å²) in [6, 6.07) is 6.91. The molecule has 0 spiro atoms. The monoisotopic (exact) mass is 350 g/mol. The van der Waals surface area contributed by atoms with Crippen LogP contribution in [0.4, 0.5) is 0 Å². The Morgan fingerprint density at radius 3 is 2.79 bits per heavy atom. The Balaban J connectivity index is 1.65. The van der Waals surface area contributed by atoms with Crippen molar-refractivity contribution in [1.82, 2.24) is 20.4 Å². The van der Waals surface area contributed by atoms with Gasteiger partial charge in [0.1, 0.15) is 0 Å². The second kappa shape index (κ2) is 7.00. The molecule has 1 saturated heterocycles. The Hall–Kier alpha value is -1.77. The lowest BCUT2D eigenvalue weighted by atomic mass is 10.2. The van der Waals surface area contributed by atoms with E-state index in [1.54, 1.807) is 24.3 Å². The molecule has 24 heavy (non-hydrogen) atoms. The first-order valence-corrected chi connectivity index (χ1v) is 9.64. The van der Waals surface area contributed by atoms with E-state index in [0.29, 0.717) is 16.6 Å². The van der Waals surface area contributed by atoms with Gasteiger partial charge in [-0.05, 0) is 26.1 Å². The summed E-state index contributed by atoms with van der Waals surface area (Å²) in [7, 11) is -1.33. The van der Waals surface area contributed by atoms with Crippen molar-refractivity contribution in [2.45, 2.75) is 24.3 Å². The van der Waals surface area contributed by atoms with Crippen LogP contribution in [0.5, 0.6) is 0 Å². The van der Waals surface area contributed by atoms with Gasteiger partial charge in [-0.2, -0.15) is 4.98 Å². The highest BCUT2D eigenvalue weighted by molar-refractivity contribution is 7.91. The number of hydrogen-bond donors (Lipinski definition) is 1. The third-order valence-electron chi connectivity index (χ3n) is 4.26. The van der Waals surface area contributed by atoms with Gasteiger partial charge in [-0.25, -0.2) is 8.42 Å². The number of aryl methyl sites for hydroxylation is 2. The van der Waals surface area contributed by atoms with Crippen LogP contribution in [-0.2, 0) is 16.3 Å². The maximum absolute atomic E-state index is 12.4. The normalized spacial score (nSPS) is 19.5. The van der Waals surface area contributed by atoms with Crippen molar-refractivity contribution in [3.63, 3.8) is 0 Å². The van der Waals surface area contributed by atoms with Crippen molar-refractivity contribution in [2.75, 3.05) is 32.4 Å². The Morgan fingerprint density at radius 1 is 1.33 bits per heavy atom. The molecule has 1 aliphatic rings. The van der Waals surface area contributed by atoms with Gasteiger partial charge in [0.15, 0.2) is 15.7 Å². The molecular formula is C16H22N4O3S. The van der Waals surface area contributed by atoms with Crippen LogP contribution < -0.4 is 5.32 Å². The van der Waals surface area contributed by atoms with Crippen LogP contribution in [0.25, 0.3) is 0 Å². The zero-order valence-corrected chi connectivity index (χ0v) is 14.7. The van der Waals surface area contributed by atoms with E-state index in [0.717, 1.165) is 25.2 Å². The first-order valence-electron chi connectivity index (χ1n) is 7.98. The number of benzene rings is 1. The molecule has 0 radical (unpaired) electrons. The molecule has 2 aromatic rings. The maximum Gasteiger partial charge on any atom is 0.227 e. The molecule has 1 unspecified atom stereocenters. The predicted molar refractivity (Wildman–Crippen MR) is 89.5 cm³/mol. The van der Waals surface area contributed by atoms with Gasteiger partial charge in [-0.1, -0.05) is 22.9 Å². The van der Waals surface area contributed by atoms with E-state index in [2.05, 4.69) is 20.4 Å². The lowest BCUT2D eigenvalue weighted by Crippen LogP contribution is -2.44. The Morgan fingerprint density at radius 2 is 2.08 bits per heavy atom. The van der Waals surface area contributed by atoms with Crippen molar-refractivity contribution in [2.24, 2.45) is 0 Å². The highest BCUT2D eigenvalue weighted by Gasteiger charge is 2.25. The Bertz CT molecular complexity index is 786. The van der Waals surface area contributed by atoms with Crippen LogP contribution in [0.1, 0.15) is 23.3 Å². The minimum absolute atomic E-state index is 0.0452. The molecule has 1 atom stereocenters. The number of sulfone groups is 1. The van der Waals surface area contributed by atoms with Crippen molar-refractivity contribution in [1.29, 1.82) is 0 Å². The highest BCUT2D eigenvalue weighted by atomic mass is 32.2. The van der Waals surface area contributed by atoms with Crippen molar-refractivity contribution in [3.8, 4) is 0 Å². The van der Waals surface area contributed by atoms with Gasteiger partial charge >= 0.3 is 0 Å². The minimum Gasteiger partial charge on any atom is -0.339 e. The standard InChI is InChI=1S/C16H22N4O3S/c1-12-3-5-13(6-4-12)24(21,22)10-7-15-18-16(19-23-15)14-11-17-8-9-20(14)2/h3-6,14,17H,7-11H2,1-2H3. The molecule has 1 aromatic heterocycles. The van der Waals surface area contributed by atoms with Gasteiger partial charge in [-0.3, -0.25) is 4.90 Å². The third-order valence-corrected chi connectivity index (χ3v) is 5.99. The number of rotatable bonds is 5. The summed E-state index contributed by atoms with van der Waals surface area (Å²) < 4.78 is 30.0. The number of nitrogens with one attached hydrogen (secondary N) is 1. The molecule has 1 aromatic carbocycles. The van der Waals surface area contributed by atoms with Crippen LogP contribution in [0.2, 0.25) is 0 Å². The molecule has 130 valence electrons. The summed E-state index contributed by atoms with van der Waals surface area (Å²) in [5, 5.41) is 7.31. The smallest absolute Gasteiger partial charge is 0.227 e. The summed E-state index contributed by atoms with van der Waals surface area (Å²) in [6.07, 6.45) is 0.215. The number of aromatic nitrogens is 2. The average Bonchev–Trinajstić information content (AvgIpc) is 3.03. The van der Waals surface area contributed by atoms with E-state index >= 15 is 0 Å². The minimum atomic E-state index is -3.35. The van der Waals surface area contributed by atoms with E-state index in [-0.39, 0.29) is 18.2 Å². The first kappa shape index (κ1) is 17.1. The maximum atomic E-state index is 12.4. The van der Waals surface area contributed by atoms with Crippen molar-refractivity contribution in [3.05, 3.63) is 41.5 Å². The average molecular weight is 350 g/mol. The first-order chi connectivity index (χ1) is 11.5. The van der Waals surface area contributed by atoms with Gasteiger partial charge < -0.3 is 9.84 Å². The summed E-state index contributed by atoms with van der Waals surface area (Å²) in [5.74, 6) is 0.920.